The fraction of sp³-hybridized carbons (Fsp3) is 0.179. The summed E-state index contributed by atoms with van der Waals surface area (Å²) in [6, 6.07) is 20.7. The number of rotatable bonds is 8. The molecule has 0 unspecified atom stereocenters. The van der Waals surface area contributed by atoms with Crippen LogP contribution in [-0.4, -0.2) is 18.1 Å². The Morgan fingerprint density at radius 3 is 2.35 bits per heavy atom. The molecule has 174 valence electrons. The number of nitrogens with one attached hydrogen (secondary N) is 1. The summed E-state index contributed by atoms with van der Waals surface area (Å²) in [4.78, 5) is 15.7. The standard InChI is InChI=1S/C28H25Cl2NO3/c1-18(19-7-12-22(33-2)13-8-19)28-24(25-17-21(30)11-16-26(25)31-28)5-3-4-6-27(32)34-23-14-9-20(29)10-15-23/h4,6-18,31H,3,5H2,1-2H3/b6-4+/t18-/m1/s1. The number of ether oxygens (including phenoxy) is 2. The molecule has 1 heterocycles. The molecule has 0 radical (unpaired) electrons. The lowest BCUT2D eigenvalue weighted by atomic mass is 9.92. The second kappa shape index (κ2) is 10.8. The van der Waals surface area contributed by atoms with Crippen LogP contribution in [0.5, 0.6) is 11.5 Å². The lowest BCUT2D eigenvalue weighted by molar-refractivity contribution is -0.129. The monoisotopic (exact) mass is 493 g/mol. The maximum atomic E-state index is 12.2. The number of benzene rings is 3. The van der Waals surface area contributed by atoms with Crippen LogP contribution in [0.15, 0.2) is 78.9 Å². The molecular formula is C28H25Cl2NO3. The van der Waals surface area contributed by atoms with Gasteiger partial charge in [-0.2, -0.15) is 0 Å². The predicted octanol–water partition coefficient (Wildman–Crippen LogP) is 7.73. The minimum atomic E-state index is -0.420. The predicted molar refractivity (Wildman–Crippen MR) is 138 cm³/mol. The first-order valence-corrected chi connectivity index (χ1v) is 11.8. The summed E-state index contributed by atoms with van der Waals surface area (Å²) in [5.41, 5.74) is 4.55. The van der Waals surface area contributed by atoms with Crippen LogP contribution < -0.4 is 9.47 Å². The van der Waals surface area contributed by atoms with Crippen molar-refractivity contribution in [3.8, 4) is 11.5 Å². The van der Waals surface area contributed by atoms with E-state index >= 15 is 0 Å². The van der Waals surface area contributed by atoms with Gasteiger partial charge in [-0.25, -0.2) is 4.79 Å². The van der Waals surface area contributed by atoms with Gasteiger partial charge in [0.2, 0.25) is 0 Å². The SMILES string of the molecule is COc1ccc([C@@H](C)c2[nH]c3ccc(Cl)cc3c2CC/C=C/C(=O)Oc2ccc(Cl)cc2)cc1. The smallest absolute Gasteiger partial charge is 0.335 e. The number of allylic oxidation sites excluding steroid dienone is 1. The number of fused-ring (bicyclic) bond motifs is 1. The van der Waals surface area contributed by atoms with E-state index in [0.717, 1.165) is 28.8 Å². The molecule has 6 heteroatoms. The molecule has 1 N–H and O–H groups in total. The van der Waals surface area contributed by atoms with Crippen molar-refractivity contribution in [2.45, 2.75) is 25.7 Å². The van der Waals surface area contributed by atoms with E-state index in [1.165, 1.54) is 17.2 Å². The van der Waals surface area contributed by atoms with Crippen molar-refractivity contribution in [3.05, 3.63) is 106 Å². The van der Waals surface area contributed by atoms with Gasteiger partial charge in [0.25, 0.3) is 0 Å². The van der Waals surface area contributed by atoms with E-state index in [2.05, 4.69) is 24.0 Å². The zero-order valence-corrected chi connectivity index (χ0v) is 20.5. The van der Waals surface area contributed by atoms with Crippen molar-refractivity contribution >= 4 is 40.1 Å². The summed E-state index contributed by atoms with van der Waals surface area (Å²) in [6.45, 7) is 2.18. The summed E-state index contributed by atoms with van der Waals surface area (Å²) < 4.78 is 10.6. The van der Waals surface area contributed by atoms with Gasteiger partial charge in [0.15, 0.2) is 0 Å². The Bertz CT molecular complexity index is 1310. The van der Waals surface area contributed by atoms with Crippen molar-refractivity contribution in [1.82, 2.24) is 4.98 Å². The lowest BCUT2D eigenvalue weighted by Crippen LogP contribution is -2.03. The number of aryl methyl sites for hydroxylation is 1. The van der Waals surface area contributed by atoms with E-state index in [9.17, 15) is 4.79 Å². The molecule has 3 aromatic carbocycles. The van der Waals surface area contributed by atoms with Gasteiger partial charge < -0.3 is 14.5 Å². The lowest BCUT2D eigenvalue weighted by Gasteiger charge is -2.14. The third-order valence-electron chi connectivity index (χ3n) is 5.80. The highest BCUT2D eigenvalue weighted by Gasteiger charge is 2.18. The molecule has 34 heavy (non-hydrogen) atoms. The molecule has 0 aliphatic heterocycles. The minimum absolute atomic E-state index is 0.144. The molecule has 4 rings (SSSR count). The van der Waals surface area contributed by atoms with E-state index in [1.807, 2.05) is 36.4 Å². The van der Waals surface area contributed by atoms with Gasteiger partial charge in [0, 0.05) is 38.6 Å². The van der Waals surface area contributed by atoms with Crippen molar-refractivity contribution in [2.24, 2.45) is 0 Å². The number of H-pyrrole nitrogens is 1. The second-order valence-corrected chi connectivity index (χ2v) is 8.89. The van der Waals surface area contributed by atoms with Gasteiger partial charge in [0.1, 0.15) is 11.5 Å². The second-order valence-electron chi connectivity index (χ2n) is 8.02. The number of hydrogen-bond acceptors (Lipinski definition) is 3. The average Bonchev–Trinajstić information content (AvgIpc) is 3.20. The third kappa shape index (κ3) is 5.64. The van der Waals surface area contributed by atoms with Crippen LogP contribution in [0.2, 0.25) is 10.0 Å². The Morgan fingerprint density at radius 1 is 0.971 bits per heavy atom. The van der Waals surface area contributed by atoms with Crippen LogP contribution in [0.1, 0.15) is 36.1 Å². The molecule has 1 atom stereocenters. The van der Waals surface area contributed by atoms with E-state index in [-0.39, 0.29) is 5.92 Å². The number of carbonyl (C=O) groups excluding carboxylic acids is 1. The summed E-state index contributed by atoms with van der Waals surface area (Å²) in [5.74, 6) is 1.01. The molecule has 4 nitrogen and oxygen atoms in total. The average molecular weight is 494 g/mol. The Kier molecular flexibility index (Phi) is 7.61. The zero-order valence-electron chi connectivity index (χ0n) is 19.0. The zero-order chi connectivity index (χ0) is 24.1. The summed E-state index contributed by atoms with van der Waals surface area (Å²) in [7, 11) is 1.66. The first-order valence-electron chi connectivity index (χ1n) is 11.0. The molecule has 0 amide bonds. The molecule has 0 bridgehead atoms. The van der Waals surface area contributed by atoms with E-state index in [4.69, 9.17) is 32.7 Å². The first-order chi connectivity index (χ1) is 16.4. The Morgan fingerprint density at radius 2 is 1.65 bits per heavy atom. The minimum Gasteiger partial charge on any atom is -0.497 e. The van der Waals surface area contributed by atoms with Gasteiger partial charge in [0.05, 0.1) is 7.11 Å². The number of carbonyl (C=O) groups is 1. The van der Waals surface area contributed by atoms with Gasteiger partial charge in [-0.3, -0.25) is 0 Å². The maximum Gasteiger partial charge on any atom is 0.335 e. The molecule has 0 spiro atoms. The van der Waals surface area contributed by atoms with Gasteiger partial charge in [-0.05, 0) is 78.6 Å². The van der Waals surface area contributed by atoms with Crippen LogP contribution in [0, 0.1) is 0 Å². The largest absolute Gasteiger partial charge is 0.497 e. The number of hydrogen-bond donors (Lipinski definition) is 1. The van der Waals surface area contributed by atoms with Crippen molar-refractivity contribution in [2.75, 3.05) is 7.11 Å². The first kappa shape index (κ1) is 23.9. The van der Waals surface area contributed by atoms with Crippen molar-refractivity contribution < 1.29 is 14.3 Å². The fourth-order valence-corrected chi connectivity index (χ4v) is 4.30. The van der Waals surface area contributed by atoms with Gasteiger partial charge in [-0.1, -0.05) is 48.3 Å². The Hall–Kier alpha value is -3.21. The number of methoxy groups -OCH3 is 1. The van der Waals surface area contributed by atoms with E-state index < -0.39 is 5.97 Å². The quantitative estimate of drug-likeness (QED) is 0.155. The van der Waals surface area contributed by atoms with Crippen LogP contribution in [0.3, 0.4) is 0 Å². The number of aromatic nitrogens is 1. The number of aromatic amines is 1. The van der Waals surface area contributed by atoms with Gasteiger partial charge in [-0.15, -0.1) is 0 Å². The molecule has 0 fully saturated rings. The maximum absolute atomic E-state index is 12.2. The van der Waals surface area contributed by atoms with Crippen LogP contribution >= 0.6 is 23.2 Å². The highest BCUT2D eigenvalue weighted by molar-refractivity contribution is 6.31. The Labute approximate surface area is 209 Å². The molecule has 4 aromatic rings. The topological polar surface area (TPSA) is 51.3 Å². The number of esters is 1. The summed E-state index contributed by atoms with van der Waals surface area (Å²) in [6.07, 6.45) is 4.73. The molecule has 0 aliphatic carbocycles. The van der Waals surface area contributed by atoms with Gasteiger partial charge >= 0.3 is 5.97 Å². The highest BCUT2D eigenvalue weighted by atomic mass is 35.5. The normalized spacial score (nSPS) is 12.2. The van der Waals surface area contributed by atoms with Crippen molar-refractivity contribution in [1.29, 1.82) is 0 Å². The van der Waals surface area contributed by atoms with E-state index in [1.54, 1.807) is 31.4 Å². The highest BCUT2D eigenvalue weighted by Crippen LogP contribution is 2.34. The molecule has 0 saturated carbocycles. The van der Waals surface area contributed by atoms with E-state index in [0.29, 0.717) is 22.2 Å². The summed E-state index contributed by atoms with van der Waals surface area (Å²) >= 11 is 12.2. The molecule has 0 aliphatic rings. The number of halogens is 2. The van der Waals surface area contributed by atoms with Crippen LogP contribution in [0.4, 0.5) is 0 Å². The van der Waals surface area contributed by atoms with Crippen LogP contribution in [0.25, 0.3) is 10.9 Å². The Balaban J connectivity index is 1.52. The van der Waals surface area contributed by atoms with Crippen molar-refractivity contribution in [3.63, 3.8) is 0 Å². The third-order valence-corrected chi connectivity index (χ3v) is 6.28. The van der Waals surface area contributed by atoms with Crippen LogP contribution in [-0.2, 0) is 11.2 Å². The summed E-state index contributed by atoms with van der Waals surface area (Å²) in [5, 5.41) is 2.38. The molecular weight excluding hydrogens is 469 g/mol. The molecule has 0 saturated heterocycles. The fourth-order valence-electron chi connectivity index (χ4n) is 4.00. The molecule has 1 aromatic heterocycles.